The summed E-state index contributed by atoms with van der Waals surface area (Å²) in [5.41, 5.74) is -0.491. The summed E-state index contributed by atoms with van der Waals surface area (Å²) in [6.45, 7) is 5.67. The van der Waals surface area contributed by atoms with Gasteiger partial charge in [-0.05, 0) is 51.2 Å². The van der Waals surface area contributed by atoms with Gasteiger partial charge in [-0.1, -0.05) is 25.1 Å². The van der Waals surface area contributed by atoms with E-state index in [1.54, 1.807) is 6.07 Å². The molecule has 0 radical (unpaired) electrons. The van der Waals surface area contributed by atoms with Crippen molar-refractivity contribution >= 4 is 0 Å². The zero-order chi connectivity index (χ0) is 17.7. The van der Waals surface area contributed by atoms with Crippen molar-refractivity contribution < 1.29 is 18.3 Å². The number of hydrogen-bond donors (Lipinski definition) is 1. The minimum absolute atomic E-state index is 0.0217. The van der Waals surface area contributed by atoms with Gasteiger partial charge in [-0.3, -0.25) is 0 Å². The van der Waals surface area contributed by atoms with Gasteiger partial charge in [0.05, 0.1) is 11.7 Å². The first-order valence-corrected chi connectivity index (χ1v) is 8.57. The molecule has 3 nitrogen and oxygen atoms in total. The van der Waals surface area contributed by atoms with Gasteiger partial charge in [0.25, 0.3) is 0 Å². The molecule has 0 spiro atoms. The molecule has 2 rings (SSSR count). The molecule has 1 aliphatic rings. The predicted octanol–water partition coefficient (Wildman–Crippen LogP) is 3.02. The minimum Gasteiger partial charge on any atom is -0.391 e. The summed E-state index contributed by atoms with van der Waals surface area (Å²) < 4.78 is 39.1. The number of likely N-dealkylation sites (N-methyl/N-ethyl adjacent to an activating group) is 1. The summed E-state index contributed by atoms with van der Waals surface area (Å²) in [5.74, 6) is 0. The first-order chi connectivity index (χ1) is 11.3. The largest absolute Gasteiger partial charge is 0.416 e. The maximum Gasteiger partial charge on any atom is 0.416 e. The van der Waals surface area contributed by atoms with E-state index in [9.17, 15) is 18.3 Å². The van der Waals surface area contributed by atoms with E-state index < -0.39 is 17.8 Å². The van der Waals surface area contributed by atoms with Crippen LogP contribution in [0.2, 0.25) is 0 Å². The Morgan fingerprint density at radius 3 is 2.46 bits per heavy atom. The Balaban J connectivity index is 1.91. The van der Waals surface area contributed by atoms with Crippen molar-refractivity contribution in [1.82, 2.24) is 9.80 Å². The van der Waals surface area contributed by atoms with E-state index in [4.69, 9.17) is 0 Å². The third-order valence-corrected chi connectivity index (χ3v) is 4.90. The van der Waals surface area contributed by atoms with Crippen LogP contribution in [0.3, 0.4) is 0 Å². The van der Waals surface area contributed by atoms with Gasteiger partial charge in [-0.2, -0.15) is 13.2 Å². The lowest BCUT2D eigenvalue weighted by Gasteiger charge is -2.37. The van der Waals surface area contributed by atoms with Gasteiger partial charge < -0.3 is 14.9 Å². The summed E-state index contributed by atoms with van der Waals surface area (Å²) in [6.07, 6.45) is -3.09. The van der Waals surface area contributed by atoms with Crippen molar-refractivity contribution in [1.29, 1.82) is 0 Å². The molecular weight excluding hydrogens is 317 g/mol. The third kappa shape index (κ3) is 5.19. The molecule has 1 saturated heterocycles. The van der Waals surface area contributed by atoms with Crippen LogP contribution in [0.5, 0.6) is 0 Å². The Hall–Kier alpha value is -1.11. The molecule has 1 heterocycles. The van der Waals surface area contributed by atoms with Crippen LogP contribution >= 0.6 is 0 Å². The number of aliphatic hydroxyl groups is 1. The summed E-state index contributed by atoms with van der Waals surface area (Å²) in [6, 6.07) is 5.88. The van der Waals surface area contributed by atoms with E-state index in [-0.39, 0.29) is 12.0 Å². The maximum absolute atomic E-state index is 13.0. The number of aliphatic hydroxyl groups excluding tert-OH is 1. The molecule has 1 aliphatic heterocycles. The Morgan fingerprint density at radius 1 is 1.25 bits per heavy atom. The highest BCUT2D eigenvalue weighted by molar-refractivity contribution is 5.30. The standard InChI is InChI=1S/C18H27F3N2O/c1-3-23-10-8-15(9-11-23)22(2)13-16(24)12-14-6-4-5-7-17(14)18(19,20)21/h4-7,15-16,24H,3,8-13H2,1-2H3/t16-/m0/s1. The highest BCUT2D eigenvalue weighted by Crippen LogP contribution is 2.32. The van der Waals surface area contributed by atoms with Crippen LogP contribution in [-0.4, -0.2) is 60.3 Å². The first kappa shape index (κ1) is 19.2. The Morgan fingerprint density at radius 2 is 1.88 bits per heavy atom. The van der Waals surface area contributed by atoms with E-state index in [2.05, 4.69) is 16.7 Å². The number of likely N-dealkylation sites (tertiary alicyclic amines) is 1. The second kappa shape index (κ2) is 8.32. The molecule has 24 heavy (non-hydrogen) atoms. The molecule has 1 N–H and O–H groups in total. The lowest BCUT2D eigenvalue weighted by Crippen LogP contribution is -2.45. The summed E-state index contributed by atoms with van der Waals surface area (Å²) >= 11 is 0. The summed E-state index contributed by atoms with van der Waals surface area (Å²) in [5, 5.41) is 10.3. The fraction of sp³-hybridized carbons (Fsp3) is 0.667. The molecule has 6 heteroatoms. The van der Waals surface area contributed by atoms with Gasteiger partial charge in [0, 0.05) is 19.0 Å². The molecule has 0 aromatic heterocycles. The van der Waals surface area contributed by atoms with Crippen LogP contribution in [0.1, 0.15) is 30.9 Å². The fourth-order valence-electron chi connectivity index (χ4n) is 3.45. The second-order valence-electron chi connectivity index (χ2n) is 6.62. The predicted molar refractivity (Wildman–Crippen MR) is 88.9 cm³/mol. The summed E-state index contributed by atoms with van der Waals surface area (Å²) in [7, 11) is 1.95. The van der Waals surface area contributed by atoms with E-state index >= 15 is 0 Å². The zero-order valence-electron chi connectivity index (χ0n) is 14.4. The normalized spacial score (nSPS) is 19.0. The number of hydrogen-bond acceptors (Lipinski definition) is 3. The molecule has 0 aliphatic carbocycles. The van der Waals surface area contributed by atoms with E-state index in [0.29, 0.717) is 12.6 Å². The highest BCUT2D eigenvalue weighted by Gasteiger charge is 2.33. The van der Waals surface area contributed by atoms with Crippen molar-refractivity contribution in [3.05, 3.63) is 35.4 Å². The van der Waals surface area contributed by atoms with Crippen LogP contribution in [0, 0.1) is 0 Å². The Bertz CT molecular complexity index is 513. The monoisotopic (exact) mass is 344 g/mol. The van der Waals surface area contributed by atoms with E-state index in [1.807, 2.05) is 7.05 Å². The van der Waals surface area contributed by atoms with Crippen molar-refractivity contribution in [3.63, 3.8) is 0 Å². The lowest BCUT2D eigenvalue weighted by molar-refractivity contribution is -0.138. The first-order valence-electron chi connectivity index (χ1n) is 8.57. The summed E-state index contributed by atoms with van der Waals surface area (Å²) in [4.78, 5) is 4.48. The average molecular weight is 344 g/mol. The van der Waals surface area contributed by atoms with Gasteiger partial charge in [-0.15, -0.1) is 0 Å². The highest BCUT2D eigenvalue weighted by atomic mass is 19.4. The topological polar surface area (TPSA) is 26.7 Å². The number of halogens is 3. The van der Waals surface area contributed by atoms with Crippen LogP contribution in [0.15, 0.2) is 24.3 Å². The number of piperidine rings is 1. The average Bonchev–Trinajstić information content (AvgIpc) is 2.54. The van der Waals surface area contributed by atoms with Gasteiger partial charge in [0.2, 0.25) is 0 Å². The maximum atomic E-state index is 13.0. The number of nitrogens with zero attached hydrogens (tertiary/aromatic N) is 2. The van der Waals surface area contributed by atoms with Crippen LogP contribution in [0.4, 0.5) is 13.2 Å². The van der Waals surface area contributed by atoms with Crippen molar-refractivity contribution in [2.24, 2.45) is 0 Å². The fourth-order valence-corrected chi connectivity index (χ4v) is 3.45. The molecule has 0 bridgehead atoms. The molecule has 0 amide bonds. The van der Waals surface area contributed by atoms with E-state index in [0.717, 1.165) is 38.5 Å². The third-order valence-electron chi connectivity index (χ3n) is 4.90. The van der Waals surface area contributed by atoms with E-state index in [1.165, 1.54) is 12.1 Å². The molecule has 136 valence electrons. The zero-order valence-corrected chi connectivity index (χ0v) is 14.4. The molecule has 1 fully saturated rings. The van der Waals surface area contributed by atoms with Crippen molar-refractivity contribution in [3.8, 4) is 0 Å². The van der Waals surface area contributed by atoms with Crippen LogP contribution in [0.25, 0.3) is 0 Å². The SMILES string of the molecule is CCN1CCC(N(C)C[C@@H](O)Cc2ccccc2C(F)(F)F)CC1. The minimum atomic E-state index is -4.38. The Labute approximate surface area is 142 Å². The molecule has 1 atom stereocenters. The molecule has 0 unspecified atom stereocenters. The molecular formula is C18H27F3N2O. The quantitative estimate of drug-likeness (QED) is 0.859. The smallest absolute Gasteiger partial charge is 0.391 e. The van der Waals surface area contributed by atoms with Gasteiger partial charge >= 0.3 is 6.18 Å². The Kier molecular flexibility index (Phi) is 6.66. The van der Waals surface area contributed by atoms with Gasteiger partial charge in [-0.25, -0.2) is 0 Å². The van der Waals surface area contributed by atoms with Crippen LogP contribution < -0.4 is 0 Å². The van der Waals surface area contributed by atoms with Gasteiger partial charge in [0.1, 0.15) is 0 Å². The molecule has 1 aromatic carbocycles. The number of benzene rings is 1. The second-order valence-corrected chi connectivity index (χ2v) is 6.62. The number of alkyl halides is 3. The van der Waals surface area contributed by atoms with Crippen molar-refractivity contribution in [2.75, 3.05) is 33.2 Å². The van der Waals surface area contributed by atoms with Crippen LogP contribution in [-0.2, 0) is 12.6 Å². The lowest BCUT2D eigenvalue weighted by atomic mass is 9.99. The number of rotatable bonds is 6. The van der Waals surface area contributed by atoms with Crippen molar-refractivity contribution in [2.45, 2.75) is 44.5 Å². The molecule has 1 aromatic rings. The molecule has 0 saturated carbocycles. The van der Waals surface area contributed by atoms with Gasteiger partial charge in [0.15, 0.2) is 0 Å².